The predicted molar refractivity (Wildman–Crippen MR) is 133 cm³/mol. The van der Waals surface area contributed by atoms with Crippen molar-refractivity contribution in [2.75, 3.05) is 0 Å². The van der Waals surface area contributed by atoms with Crippen molar-refractivity contribution in [2.45, 2.75) is 12.5 Å². The van der Waals surface area contributed by atoms with Gasteiger partial charge in [-0.3, -0.25) is 4.79 Å². The molecule has 5 heteroatoms. The van der Waals surface area contributed by atoms with Gasteiger partial charge in [-0.05, 0) is 29.8 Å². The Labute approximate surface area is 201 Å². The Balaban J connectivity index is 1.70. The molecule has 1 atom stereocenters. The fourth-order valence-corrected chi connectivity index (χ4v) is 5.01. The molecule has 6 rings (SSSR count). The number of H-pyrrole nitrogens is 1. The minimum atomic E-state index is -1.20. The number of hydrogen-bond acceptors (Lipinski definition) is 4. The van der Waals surface area contributed by atoms with Crippen molar-refractivity contribution in [2.24, 2.45) is 0 Å². The molecule has 1 aliphatic rings. The van der Waals surface area contributed by atoms with E-state index in [2.05, 4.69) is 4.98 Å². The van der Waals surface area contributed by atoms with Crippen LogP contribution in [0.4, 0.5) is 0 Å². The summed E-state index contributed by atoms with van der Waals surface area (Å²) in [5.41, 5.74) is 4.51. The van der Waals surface area contributed by atoms with E-state index in [9.17, 15) is 9.59 Å². The van der Waals surface area contributed by atoms with Crippen LogP contribution >= 0.6 is 0 Å². The van der Waals surface area contributed by atoms with E-state index in [0.717, 1.165) is 38.9 Å². The molecule has 0 spiro atoms. The maximum Gasteiger partial charge on any atom is 0.340 e. The molecule has 35 heavy (non-hydrogen) atoms. The van der Waals surface area contributed by atoms with E-state index in [-0.39, 0.29) is 5.97 Å². The van der Waals surface area contributed by atoms with Crippen molar-refractivity contribution in [3.8, 4) is 17.0 Å². The van der Waals surface area contributed by atoms with Crippen LogP contribution in [0.15, 0.2) is 103 Å². The van der Waals surface area contributed by atoms with E-state index in [0.29, 0.717) is 11.3 Å². The summed E-state index contributed by atoms with van der Waals surface area (Å²) in [7, 11) is 0. The number of rotatable bonds is 4. The van der Waals surface area contributed by atoms with Crippen molar-refractivity contribution in [1.29, 1.82) is 0 Å². The first-order valence-electron chi connectivity index (χ1n) is 11.4. The van der Waals surface area contributed by atoms with Crippen molar-refractivity contribution in [1.82, 2.24) is 4.98 Å². The summed E-state index contributed by atoms with van der Waals surface area (Å²) in [6.45, 7) is 1.36. The van der Waals surface area contributed by atoms with Gasteiger partial charge in [0.15, 0.2) is 5.60 Å². The molecule has 1 aliphatic heterocycles. The van der Waals surface area contributed by atoms with Gasteiger partial charge in [0, 0.05) is 34.5 Å². The molecular weight excluding hydrogens is 438 g/mol. The third-order valence-electron chi connectivity index (χ3n) is 6.42. The summed E-state index contributed by atoms with van der Waals surface area (Å²) in [5, 5.41) is 0.958. The number of cyclic esters (lactones) is 1. The first-order chi connectivity index (χ1) is 17.1. The molecule has 5 aromatic rings. The van der Waals surface area contributed by atoms with Gasteiger partial charge in [-0.1, -0.05) is 78.9 Å². The van der Waals surface area contributed by atoms with Crippen LogP contribution in [-0.4, -0.2) is 16.9 Å². The fraction of sp³-hybridized carbons (Fsp3) is 0.0667. The average Bonchev–Trinajstić information content (AvgIpc) is 3.41. The lowest BCUT2D eigenvalue weighted by Gasteiger charge is -2.31. The summed E-state index contributed by atoms with van der Waals surface area (Å²) >= 11 is 0. The van der Waals surface area contributed by atoms with E-state index >= 15 is 0 Å². The molecule has 0 fully saturated rings. The maximum atomic E-state index is 13.2. The Bertz CT molecular complexity index is 1580. The lowest BCUT2D eigenvalue weighted by molar-refractivity contribution is -0.131. The van der Waals surface area contributed by atoms with E-state index < -0.39 is 11.6 Å². The second-order valence-corrected chi connectivity index (χ2v) is 8.52. The van der Waals surface area contributed by atoms with E-state index in [1.807, 2.05) is 84.9 Å². The molecule has 0 bridgehead atoms. The average molecular weight is 460 g/mol. The summed E-state index contributed by atoms with van der Waals surface area (Å²) in [4.78, 5) is 28.3. The minimum Gasteiger partial charge on any atom is -0.440 e. The molecule has 1 N–H and O–H groups in total. The van der Waals surface area contributed by atoms with Gasteiger partial charge in [0.05, 0.1) is 11.3 Å². The molecule has 0 radical (unpaired) electrons. The van der Waals surface area contributed by atoms with Gasteiger partial charge < -0.3 is 14.5 Å². The van der Waals surface area contributed by atoms with E-state index in [1.165, 1.54) is 6.92 Å². The Kier molecular flexibility index (Phi) is 4.78. The van der Waals surface area contributed by atoms with Crippen LogP contribution < -0.4 is 4.74 Å². The monoisotopic (exact) mass is 459 g/mol. The van der Waals surface area contributed by atoms with Crippen molar-refractivity contribution >= 4 is 22.8 Å². The molecule has 0 saturated heterocycles. The van der Waals surface area contributed by atoms with Gasteiger partial charge in [-0.15, -0.1) is 0 Å². The first-order valence-corrected chi connectivity index (χ1v) is 11.4. The van der Waals surface area contributed by atoms with Crippen LogP contribution in [-0.2, 0) is 15.1 Å². The number of fused-ring (bicyclic) bond motifs is 2. The summed E-state index contributed by atoms with van der Waals surface area (Å²) in [5.74, 6) is -0.349. The third-order valence-corrected chi connectivity index (χ3v) is 6.42. The van der Waals surface area contributed by atoms with Crippen molar-refractivity contribution < 1.29 is 19.1 Å². The number of nitrogens with one attached hydrogen (secondary N) is 1. The zero-order valence-electron chi connectivity index (χ0n) is 18.9. The molecule has 1 unspecified atom stereocenters. The van der Waals surface area contributed by atoms with E-state index in [4.69, 9.17) is 9.47 Å². The summed E-state index contributed by atoms with van der Waals surface area (Å²) in [6.07, 6.45) is 0. The van der Waals surface area contributed by atoms with Crippen molar-refractivity contribution in [3.05, 3.63) is 125 Å². The highest BCUT2D eigenvalue weighted by atomic mass is 16.6. The smallest absolute Gasteiger partial charge is 0.340 e. The highest BCUT2D eigenvalue weighted by Gasteiger charge is 2.51. The van der Waals surface area contributed by atoms with Crippen molar-refractivity contribution in [3.63, 3.8) is 0 Å². The Morgan fingerprint density at radius 2 is 1.51 bits per heavy atom. The first kappa shape index (κ1) is 20.9. The highest BCUT2D eigenvalue weighted by molar-refractivity contribution is 6.00. The second-order valence-electron chi connectivity index (χ2n) is 8.52. The van der Waals surface area contributed by atoms with Crippen LogP contribution in [0.3, 0.4) is 0 Å². The zero-order valence-corrected chi connectivity index (χ0v) is 18.9. The molecule has 0 amide bonds. The number of para-hydroxylation sites is 1. The largest absolute Gasteiger partial charge is 0.440 e. The zero-order chi connectivity index (χ0) is 24.0. The Hall–Kier alpha value is -4.64. The molecule has 0 saturated carbocycles. The SMILES string of the molecule is CC(=O)Oc1ccc(C2(c3c(-c4ccccc4)[nH]c4ccccc34)OC(=O)c3ccccc32)cc1. The Morgan fingerprint density at radius 3 is 2.29 bits per heavy atom. The van der Waals surface area contributed by atoms with Crippen LogP contribution in [0.2, 0.25) is 0 Å². The molecule has 5 nitrogen and oxygen atoms in total. The normalized spacial score (nSPS) is 16.7. The summed E-state index contributed by atoms with van der Waals surface area (Å²) < 4.78 is 11.6. The molecule has 2 heterocycles. The molecular formula is C30H21NO4. The van der Waals surface area contributed by atoms with E-state index in [1.54, 1.807) is 18.2 Å². The minimum absolute atomic E-state index is 0.381. The van der Waals surface area contributed by atoms with Gasteiger partial charge in [0.1, 0.15) is 5.75 Å². The number of carbonyl (C=O) groups is 2. The van der Waals surface area contributed by atoms with Crippen LogP contribution in [0.1, 0.15) is 34.0 Å². The number of ether oxygens (including phenoxy) is 2. The maximum absolute atomic E-state index is 13.2. The number of carbonyl (C=O) groups excluding carboxylic acids is 2. The topological polar surface area (TPSA) is 68.4 Å². The number of aromatic amines is 1. The van der Waals surface area contributed by atoms with Gasteiger partial charge in [0.25, 0.3) is 0 Å². The Morgan fingerprint density at radius 1 is 0.829 bits per heavy atom. The van der Waals surface area contributed by atoms with Gasteiger partial charge in [0.2, 0.25) is 0 Å². The van der Waals surface area contributed by atoms with Crippen LogP contribution in [0, 0.1) is 0 Å². The fourth-order valence-electron chi connectivity index (χ4n) is 5.01. The molecule has 1 aromatic heterocycles. The number of benzene rings is 4. The molecule has 4 aromatic carbocycles. The number of hydrogen-bond donors (Lipinski definition) is 1. The second kappa shape index (κ2) is 7.99. The highest BCUT2D eigenvalue weighted by Crippen LogP contribution is 2.52. The van der Waals surface area contributed by atoms with Crippen LogP contribution in [0.5, 0.6) is 5.75 Å². The summed E-state index contributed by atoms with van der Waals surface area (Å²) in [6, 6.07) is 32.7. The number of esters is 2. The number of aromatic nitrogens is 1. The standard InChI is InChI=1S/C30H21NO4/c1-19(32)34-22-17-15-21(16-18-22)30(25-13-7-5-11-23(25)29(33)35-30)27-24-12-6-8-14-26(24)31-28(27)20-9-3-2-4-10-20/h2-18,31H,1H3. The molecule has 0 aliphatic carbocycles. The lowest BCUT2D eigenvalue weighted by atomic mass is 9.77. The van der Waals surface area contributed by atoms with Crippen LogP contribution in [0.25, 0.3) is 22.2 Å². The van der Waals surface area contributed by atoms with Gasteiger partial charge >= 0.3 is 11.9 Å². The quantitative estimate of drug-likeness (QED) is 0.256. The molecule has 170 valence electrons. The van der Waals surface area contributed by atoms with Gasteiger partial charge in [-0.25, -0.2) is 4.79 Å². The van der Waals surface area contributed by atoms with Gasteiger partial charge in [-0.2, -0.15) is 0 Å². The predicted octanol–water partition coefficient (Wildman–Crippen LogP) is 6.22. The lowest BCUT2D eigenvalue weighted by Crippen LogP contribution is -2.30. The third kappa shape index (κ3) is 3.24.